The molecule has 1 aromatic carbocycles. The first-order valence-electron chi connectivity index (χ1n) is 8.81. The first kappa shape index (κ1) is 20.5. The van der Waals surface area contributed by atoms with E-state index in [-0.39, 0.29) is 5.82 Å². The number of aromatic nitrogens is 3. The summed E-state index contributed by atoms with van der Waals surface area (Å²) in [5.41, 5.74) is 0.828. The summed E-state index contributed by atoms with van der Waals surface area (Å²) >= 11 is 0. The summed E-state index contributed by atoms with van der Waals surface area (Å²) in [6, 6.07) is 4.31. The molecule has 0 aliphatic carbocycles. The van der Waals surface area contributed by atoms with Gasteiger partial charge in [-0.05, 0) is 39.3 Å². The van der Waals surface area contributed by atoms with Crippen LogP contribution in [-0.4, -0.2) is 46.8 Å². The Balaban J connectivity index is 1.74. The van der Waals surface area contributed by atoms with E-state index in [1.165, 1.54) is 12.1 Å². The van der Waals surface area contributed by atoms with Crippen LogP contribution in [0, 0.1) is 5.82 Å². The van der Waals surface area contributed by atoms with Gasteiger partial charge in [0.15, 0.2) is 0 Å². The van der Waals surface area contributed by atoms with Gasteiger partial charge in [-0.2, -0.15) is 15.4 Å². The third-order valence-corrected chi connectivity index (χ3v) is 3.36. The van der Waals surface area contributed by atoms with Gasteiger partial charge in [-0.3, -0.25) is 0 Å². The topological polar surface area (TPSA) is 101 Å². The highest BCUT2D eigenvalue weighted by molar-refractivity contribution is 5.67. The van der Waals surface area contributed by atoms with Gasteiger partial charge in [0.2, 0.25) is 0 Å². The highest BCUT2D eigenvalue weighted by Crippen LogP contribution is 2.25. The van der Waals surface area contributed by atoms with Crippen LogP contribution in [0.2, 0.25) is 0 Å². The van der Waals surface area contributed by atoms with Crippen molar-refractivity contribution in [2.45, 2.75) is 39.2 Å². The largest absolute Gasteiger partial charge is 0.491 e. The number of carbonyl (C=O) groups excluding carboxylic acids is 1. The molecule has 1 heterocycles. The van der Waals surface area contributed by atoms with Crippen molar-refractivity contribution in [1.29, 1.82) is 0 Å². The smallest absolute Gasteiger partial charge is 0.407 e. The lowest BCUT2D eigenvalue weighted by Gasteiger charge is -2.19. The van der Waals surface area contributed by atoms with Gasteiger partial charge in [-0.25, -0.2) is 9.18 Å². The molecule has 8 nitrogen and oxygen atoms in total. The van der Waals surface area contributed by atoms with Gasteiger partial charge in [0.25, 0.3) is 0 Å². The van der Waals surface area contributed by atoms with E-state index >= 15 is 0 Å². The zero-order chi connectivity index (χ0) is 19.7. The van der Waals surface area contributed by atoms with Crippen molar-refractivity contribution >= 4 is 11.8 Å². The van der Waals surface area contributed by atoms with E-state index in [1.807, 2.05) is 20.8 Å². The fourth-order valence-electron chi connectivity index (χ4n) is 2.19. The summed E-state index contributed by atoms with van der Waals surface area (Å²) in [4.78, 5) is 11.6. The third-order valence-electron chi connectivity index (χ3n) is 3.36. The van der Waals surface area contributed by atoms with Crippen LogP contribution in [0.3, 0.4) is 0 Å². The van der Waals surface area contributed by atoms with Gasteiger partial charge >= 0.3 is 6.09 Å². The maximum atomic E-state index is 13.5. The molecule has 9 heteroatoms. The molecule has 148 valence electrons. The summed E-state index contributed by atoms with van der Waals surface area (Å²) < 4.78 is 24.4. The number of hydrogen-bond acceptors (Lipinski definition) is 6. The first-order chi connectivity index (χ1) is 12.8. The second-order valence-corrected chi connectivity index (χ2v) is 6.91. The molecule has 0 bridgehead atoms. The van der Waals surface area contributed by atoms with Gasteiger partial charge in [0.05, 0.1) is 24.2 Å². The van der Waals surface area contributed by atoms with Crippen molar-refractivity contribution in [3.05, 3.63) is 35.9 Å². The van der Waals surface area contributed by atoms with E-state index in [4.69, 9.17) is 9.47 Å². The molecule has 0 radical (unpaired) electrons. The quantitative estimate of drug-likeness (QED) is 0.579. The van der Waals surface area contributed by atoms with Crippen LogP contribution in [0.1, 0.15) is 32.9 Å². The Bertz CT molecular complexity index is 716. The number of halogens is 1. The fourth-order valence-corrected chi connectivity index (χ4v) is 2.19. The standard InChI is InChI=1S/C18H26FN5O3/c1-18(2,3)27-17(25)21-9-4-8-20-15-11-13(19)5-6-16(15)26-10-7-14-12-22-24-23-14/h5-6,11-12,20H,4,7-10H2,1-3H3,(H,21,25)(H,22,23,24). The van der Waals surface area contributed by atoms with Crippen molar-refractivity contribution in [2.75, 3.05) is 25.0 Å². The number of H-pyrrole nitrogens is 1. The number of ether oxygens (including phenoxy) is 2. The number of hydrogen-bond donors (Lipinski definition) is 3. The molecule has 2 rings (SSSR count). The van der Waals surface area contributed by atoms with E-state index in [2.05, 4.69) is 26.0 Å². The molecular formula is C18H26FN5O3. The lowest BCUT2D eigenvalue weighted by atomic mass is 10.2. The Morgan fingerprint density at radius 1 is 1.30 bits per heavy atom. The number of carbonyl (C=O) groups is 1. The Hall–Kier alpha value is -2.84. The van der Waals surface area contributed by atoms with Crippen molar-refractivity contribution < 1.29 is 18.7 Å². The molecule has 0 fully saturated rings. The number of benzene rings is 1. The van der Waals surface area contributed by atoms with Gasteiger partial charge in [-0.1, -0.05) is 0 Å². The molecule has 0 saturated carbocycles. The zero-order valence-electron chi connectivity index (χ0n) is 15.8. The van der Waals surface area contributed by atoms with E-state index in [1.54, 1.807) is 12.3 Å². The molecule has 1 aromatic heterocycles. The predicted octanol–water partition coefficient (Wildman–Crippen LogP) is 2.89. The number of nitrogens with one attached hydrogen (secondary N) is 3. The Kier molecular flexibility index (Phi) is 7.39. The molecule has 0 aliphatic heterocycles. The van der Waals surface area contributed by atoms with Crippen LogP contribution in [-0.2, 0) is 11.2 Å². The van der Waals surface area contributed by atoms with E-state index in [0.717, 1.165) is 5.69 Å². The summed E-state index contributed by atoms with van der Waals surface area (Å²) in [5, 5.41) is 16.0. The summed E-state index contributed by atoms with van der Waals surface area (Å²) in [6.07, 6.45) is 2.41. The average Bonchev–Trinajstić information content (AvgIpc) is 3.08. The Morgan fingerprint density at radius 3 is 2.81 bits per heavy atom. The van der Waals surface area contributed by atoms with Crippen LogP contribution < -0.4 is 15.4 Å². The van der Waals surface area contributed by atoms with Crippen molar-refractivity contribution in [2.24, 2.45) is 0 Å². The van der Waals surface area contributed by atoms with Gasteiger partial charge < -0.3 is 20.1 Å². The van der Waals surface area contributed by atoms with Gasteiger partial charge in [-0.15, -0.1) is 0 Å². The fraction of sp³-hybridized carbons (Fsp3) is 0.500. The van der Waals surface area contributed by atoms with Crippen molar-refractivity contribution in [3.63, 3.8) is 0 Å². The summed E-state index contributed by atoms with van der Waals surface area (Å²) in [7, 11) is 0. The third kappa shape index (κ3) is 7.93. The van der Waals surface area contributed by atoms with E-state index in [0.29, 0.717) is 44.0 Å². The van der Waals surface area contributed by atoms with Crippen molar-refractivity contribution in [1.82, 2.24) is 20.7 Å². The normalized spacial score (nSPS) is 11.1. The molecule has 3 N–H and O–H groups in total. The molecule has 0 saturated heterocycles. The zero-order valence-corrected chi connectivity index (χ0v) is 15.8. The Morgan fingerprint density at radius 2 is 2.11 bits per heavy atom. The van der Waals surface area contributed by atoms with E-state index < -0.39 is 11.7 Å². The minimum atomic E-state index is -0.526. The lowest BCUT2D eigenvalue weighted by molar-refractivity contribution is 0.0528. The highest BCUT2D eigenvalue weighted by atomic mass is 19.1. The SMILES string of the molecule is CC(C)(C)OC(=O)NCCCNc1cc(F)ccc1OCCc1cn[nH]n1. The molecule has 0 spiro atoms. The second-order valence-electron chi connectivity index (χ2n) is 6.91. The van der Waals surface area contributed by atoms with Crippen LogP contribution >= 0.6 is 0 Å². The van der Waals surface area contributed by atoms with Crippen LogP contribution in [0.25, 0.3) is 0 Å². The number of alkyl carbamates (subject to hydrolysis) is 1. The molecule has 0 atom stereocenters. The number of amides is 1. The van der Waals surface area contributed by atoms with E-state index in [9.17, 15) is 9.18 Å². The van der Waals surface area contributed by atoms with Crippen molar-refractivity contribution in [3.8, 4) is 5.75 Å². The maximum absolute atomic E-state index is 13.5. The van der Waals surface area contributed by atoms with Gasteiger partial charge in [0.1, 0.15) is 17.2 Å². The second kappa shape index (κ2) is 9.75. The molecular weight excluding hydrogens is 353 g/mol. The molecule has 0 unspecified atom stereocenters. The summed E-state index contributed by atoms with van der Waals surface area (Å²) in [6.45, 7) is 6.80. The predicted molar refractivity (Wildman–Crippen MR) is 99.3 cm³/mol. The number of anilines is 1. The number of nitrogens with zero attached hydrogens (tertiary/aromatic N) is 2. The summed E-state index contributed by atoms with van der Waals surface area (Å²) in [5.74, 6) is 0.202. The highest BCUT2D eigenvalue weighted by Gasteiger charge is 2.15. The first-order valence-corrected chi connectivity index (χ1v) is 8.81. The molecule has 27 heavy (non-hydrogen) atoms. The molecule has 1 amide bonds. The Labute approximate surface area is 157 Å². The monoisotopic (exact) mass is 379 g/mol. The number of rotatable bonds is 9. The molecule has 2 aromatic rings. The minimum absolute atomic E-state index is 0.353. The van der Waals surface area contributed by atoms with Crippen LogP contribution in [0.4, 0.5) is 14.9 Å². The van der Waals surface area contributed by atoms with Crippen LogP contribution in [0.5, 0.6) is 5.75 Å². The lowest BCUT2D eigenvalue weighted by Crippen LogP contribution is -2.33. The average molecular weight is 379 g/mol. The van der Waals surface area contributed by atoms with Crippen LogP contribution in [0.15, 0.2) is 24.4 Å². The van der Waals surface area contributed by atoms with Gasteiger partial charge in [0, 0.05) is 25.6 Å². The maximum Gasteiger partial charge on any atom is 0.407 e. The molecule has 0 aliphatic rings. The number of aromatic amines is 1. The minimum Gasteiger partial charge on any atom is -0.491 e.